The molecule has 1 N–H and O–H groups in total. The van der Waals surface area contributed by atoms with Crippen molar-refractivity contribution in [2.75, 3.05) is 40.3 Å². The van der Waals surface area contributed by atoms with Gasteiger partial charge in [-0.3, -0.25) is 9.89 Å². The smallest absolute Gasteiger partial charge is 0.193 e. The number of unbranched alkanes of at least 4 members (excludes halogenated alkanes) is 1. The summed E-state index contributed by atoms with van der Waals surface area (Å²) < 4.78 is 0. The highest BCUT2D eigenvalue weighted by molar-refractivity contribution is 14.0. The van der Waals surface area contributed by atoms with Crippen LogP contribution in [0, 0.1) is 5.92 Å². The third kappa shape index (κ3) is 7.31. The Morgan fingerprint density at radius 1 is 1.27 bits per heavy atom. The van der Waals surface area contributed by atoms with Gasteiger partial charge in [-0.2, -0.15) is 0 Å². The molecule has 0 aliphatic heterocycles. The first-order chi connectivity index (χ1) is 10.2. The number of aliphatic imine (C=N–C) groups is 1. The summed E-state index contributed by atoms with van der Waals surface area (Å²) in [6.45, 7) is 8.28. The molecule has 0 aromatic heterocycles. The van der Waals surface area contributed by atoms with Crippen LogP contribution >= 0.6 is 24.0 Å². The standard InChI is InChI=1S/C17H32N4.HI/c1-4-5-6-12-20(3)17(18-2)19-11-13-21(16-9-10-16)14-15-7-8-15;/h4,15-16H,1,5-14H2,2-3H3,(H,18,19);1H. The Bertz CT molecular complexity index is 351. The molecule has 0 radical (unpaired) electrons. The molecule has 0 atom stereocenters. The molecule has 0 saturated heterocycles. The zero-order valence-electron chi connectivity index (χ0n) is 14.3. The van der Waals surface area contributed by atoms with Crippen molar-refractivity contribution >= 4 is 29.9 Å². The maximum Gasteiger partial charge on any atom is 0.193 e. The second kappa shape index (κ2) is 10.5. The molecule has 22 heavy (non-hydrogen) atoms. The molecule has 0 aromatic rings. The molecule has 0 unspecified atom stereocenters. The summed E-state index contributed by atoms with van der Waals surface area (Å²) in [4.78, 5) is 9.29. The zero-order chi connectivity index (χ0) is 15.1. The van der Waals surface area contributed by atoms with Crippen LogP contribution in [0.1, 0.15) is 38.5 Å². The fourth-order valence-electron chi connectivity index (χ4n) is 2.77. The summed E-state index contributed by atoms with van der Waals surface area (Å²) in [5.74, 6) is 2.01. The molecular weight excluding hydrogens is 387 g/mol. The Morgan fingerprint density at radius 2 is 2.00 bits per heavy atom. The van der Waals surface area contributed by atoms with Gasteiger partial charge in [0.25, 0.3) is 0 Å². The van der Waals surface area contributed by atoms with Gasteiger partial charge in [0.1, 0.15) is 0 Å². The molecular formula is C17H33IN4. The Morgan fingerprint density at radius 3 is 2.55 bits per heavy atom. The Kier molecular flexibility index (Phi) is 9.40. The van der Waals surface area contributed by atoms with E-state index in [1.165, 1.54) is 32.2 Å². The van der Waals surface area contributed by atoms with E-state index in [9.17, 15) is 0 Å². The number of hydrogen-bond acceptors (Lipinski definition) is 2. The molecule has 2 fully saturated rings. The third-order valence-electron chi connectivity index (χ3n) is 4.41. The van der Waals surface area contributed by atoms with Gasteiger partial charge in [-0.15, -0.1) is 30.6 Å². The van der Waals surface area contributed by atoms with Gasteiger partial charge in [-0.25, -0.2) is 0 Å². The van der Waals surface area contributed by atoms with E-state index in [4.69, 9.17) is 0 Å². The van der Waals surface area contributed by atoms with Crippen molar-refractivity contribution in [3.05, 3.63) is 12.7 Å². The summed E-state index contributed by atoms with van der Waals surface area (Å²) in [6.07, 6.45) is 9.89. The first-order valence-electron chi connectivity index (χ1n) is 8.51. The molecule has 0 spiro atoms. The Balaban J connectivity index is 0.00000242. The molecule has 2 rings (SSSR count). The van der Waals surface area contributed by atoms with Gasteiger partial charge < -0.3 is 10.2 Å². The quantitative estimate of drug-likeness (QED) is 0.194. The number of nitrogens with zero attached hydrogens (tertiary/aromatic N) is 3. The van der Waals surface area contributed by atoms with Crippen LogP contribution in [-0.4, -0.2) is 62.1 Å². The van der Waals surface area contributed by atoms with Gasteiger partial charge in [-0.1, -0.05) is 6.08 Å². The van der Waals surface area contributed by atoms with Crippen molar-refractivity contribution in [3.8, 4) is 0 Å². The summed E-state index contributed by atoms with van der Waals surface area (Å²) in [5.41, 5.74) is 0. The molecule has 2 aliphatic carbocycles. The minimum Gasteiger partial charge on any atom is -0.355 e. The Hall–Kier alpha value is -0.300. The second-order valence-electron chi connectivity index (χ2n) is 6.50. The minimum atomic E-state index is 0. The van der Waals surface area contributed by atoms with E-state index in [-0.39, 0.29) is 24.0 Å². The molecule has 0 bridgehead atoms. The topological polar surface area (TPSA) is 30.9 Å². The van der Waals surface area contributed by atoms with Crippen LogP contribution < -0.4 is 5.32 Å². The molecule has 0 aromatic carbocycles. The fourth-order valence-corrected chi connectivity index (χ4v) is 2.77. The number of allylic oxidation sites excluding steroid dienone is 1. The van der Waals surface area contributed by atoms with E-state index in [2.05, 4.69) is 33.7 Å². The number of rotatable bonds is 10. The fraction of sp³-hybridized carbons (Fsp3) is 0.824. The largest absolute Gasteiger partial charge is 0.355 e. The SMILES string of the molecule is C=CCCCN(C)C(=NC)NCCN(CC1CC1)C1CC1.I. The lowest BCUT2D eigenvalue weighted by atomic mass is 10.3. The lowest BCUT2D eigenvalue weighted by Crippen LogP contribution is -2.43. The number of nitrogens with one attached hydrogen (secondary N) is 1. The Labute approximate surface area is 153 Å². The van der Waals surface area contributed by atoms with Gasteiger partial charge in [0.05, 0.1) is 0 Å². The van der Waals surface area contributed by atoms with Crippen LogP contribution in [0.15, 0.2) is 17.6 Å². The van der Waals surface area contributed by atoms with Crippen LogP contribution in [0.5, 0.6) is 0 Å². The van der Waals surface area contributed by atoms with E-state index >= 15 is 0 Å². The average Bonchev–Trinajstić information content (AvgIpc) is 3.36. The first kappa shape index (κ1) is 19.7. The lowest BCUT2D eigenvalue weighted by molar-refractivity contribution is 0.255. The number of hydrogen-bond donors (Lipinski definition) is 1. The molecule has 2 aliphatic rings. The van der Waals surface area contributed by atoms with Crippen LogP contribution in [-0.2, 0) is 0 Å². The normalized spacial score (nSPS) is 18.0. The van der Waals surface area contributed by atoms with Crippen molar-refractivity contribution in [2.45, 2.75) is 44.6 Å². The highest BCUT2D eigenvalue weighted by Gasteiger charge is 2.33. The van der Waals surface area contributed by atoms with Crippen LogP contribution in [0.2, 0.25) is 0 Å². The number of halogens is 1. The van der Waals surface area contributed by atoms with Crippen molar-refractivity contribution < 1.29 is 0 Å². The van der Waals surface area contributed by atoms with Gasteiger partial charge in [0.15, 0.2) is 5.96 Å². The molecule has 5 heteroatoms. The predicted octanol–water partition coefficient (Wildman–Crippen LogP) is 2.95. The van der Waals surface area contributed by atoms with E-state index in [0.29, 0.717) is 0 Å². The van der Waals surface area contributed by atoms with Gasteiger partial charge in [0.2, 0.25) is 0 Å². The van der Waals surface area contributed by atoms with Gasteiger partial charge >= 0.3 is 0 Å². The summed E-state index contributed by atoms with van der Waals surface area (Å²) in [5, 5.41) is 3.51. The molecule has 0 amide bonds. The third-order valence-corrected chi connectivity index (χ3v) is 4.41. The second-order valence-corrected chi connectivity index (χ2v) is 6.50. The average molecular weight is 420 g/mol. The minimum absolute atomic E-state index is 0. The van der Waals surface area contributed by atoms with Crippen LogP contribution in [0.4, 0.5) is 0 Å². The van der Waals surface area contributed by atoms with E-state index in [0.717, 1.165) is 50.4 Å². The molecule has 2 saturated carbocycles. The van der Waals surface area contributed by atoms with E-state index < -0.39 is 0 Å². The van der Waals surface area contributed by atoms with E-state index in [1.807, 2.05) is 13.1 Å². The van der Waals surface area contributed by atoms with Crippen molar-refractivity contribution in [1.29, 1.82) is 0 Å². The predicted molar refractivity (Wildman–Crippen MR) is 106 cm³/mol. The van der Waals surface area contributed by atoms with E-state index in [1.54, 1.807) is 0 Å². The van der Waals surface area contributed by atoms with Gasteiger partial charge in [0, 0.05) is 46.3 Å². The van der Waals surface area contributed by atoms with Crippen molar-refractivity contribution in [3.63, 3.8) is 0 Å². The maximum atomic E-state index is 4.38. The summed E-state index contributed by atoms with van der Waals surface area (Å²) in [7, 11) is 3.98. The van der Waals surface area contributed by atoms with Crippen molar-refractivity contribution in [2.24, 2.45) is 10.9 Å². The molecule has 0 heterocycles. The monoisotopic (exact) mass is 420 g/mol. The lowest BCUT2D eigenvalue weighted by Gasteiger charge is -2.25. The van der Waals surface area contributed by atoms with Crippen LogP contribution in [0.25, 0.3) is 0 Å². The van der Waals surface area contributed by atoms with Gasteiger partial charge in [-0.05, 0) is 44.4 Å². The maximum absolute atomic E-state index is 4.38. The summed E-state index contributed by atoms with van der Waals surface area (Å²) >= 11 is 0. The zero-order valence-corrected chi connectivity index (χ0v) is 16.6. The first-order valence-corrected chi connectivity index (χ1v) is 8.51. The highest BCUT2D eigenvalue weighted by atomic mass is 127. The van der Waals surface area contributed by atoms with Crippen molar-refractivity contribution in [1.82, 2.24) is 15.1 Å². The summed E-state index contributed by atoms with van der Waals surface area (Å²) in [6, 6.07) is 0.875. The van der Waals surface area contributed by atoms with Crippen LogP contribution in [0.3, 0.4) is 0 Å². The molecule has 4 nitrogen and oxygen atoms in total. The number of guanidine groups is 1. The highest BCUT2D eigenvalue weighted by Crippen LogP contribution is 2.34. The molecule has 128 valence electrons.